The highest BCUT2D eigenvalue weighted by Crippen LogP contribution is 2.34. The number of fused-ring (bicyclic) bond motifs is 1. The lowest BCUT2D eigenvalue weighted by Gasteiger charge is -2.31. The van der Waals surface area contributed by atoms with Crippen molar-refractivity contribution in [2.45, 2.75) is 45.6 Å². The number of hydrogen-bond donors (Lipinski definition) is 1. The SMILES string of the molecule is CCCCS(=O)(=O)Nc1ccc2c(c1)C(=O)CC(C)(C)O2. The van der Waals surface area contributed by atoms with Crippen LogP contribution in [0.2, 0.25) is 0 Å². The molecule has 5 nitrogen and oxygen atoms in total. The Kier molecular flexibility index (Phi) is 4.27. The molecule has 1 heterocycles. The van der Waals surface area contributed by atoms with Crippen LogP contribution in [0.25, 0.3) is 0 Å². The molecule has 1 aliphatic heterocycles. The van der Waals surface area contributed by atoms with Crippen LogP contribution < -0.4 is 9.46 Å². The maximum atomic E-state index is 12.1. The number of carbonyl (C=O) groups excluding carboxylic acids is 1. The second-order valence-corrected chi connectivity index (χ2v) is 7.79. The highest BCUT2D eigenvalue weighted by Gasteiger charge is 2.32. The summed E-state index contributed by atoms with van der Waals surface area (Å²) < 4.78 is 32.0. The van der Waals surface area contributed by atoms with Crippen LogP contribution in [0.4, 0.5) is 5.69 Å². The molecule has 0 saturated heterocycles. The lowest BCUT2D eigenvalue weighted by Crippen LogP contribution is -2.35. The average Bonchev–Trinajstić information content (AvgIpc) is 2.36. The molecule has 1 aromatic carbocycles. The van der Waals surface area contributed by atoms with Gasteiger partial charge in [0.15, 0.2) is 5.78 Å². The molecule has 6 heteroatoms. The number of benzene rings is 1. The molecule has 1 aromatic rings. The van der Waals surface area contributed by atoms with Gasteiger partial charge in [0.25, 0.3) is 0 Å². The molecule has 0 fully saturated rings. The van der Waals surface area contributed by atoms with E-state index in [-0.39, 0.29) is 18.0 Å². The van der Waals surface area contributed by atoms with Crippen molar-refractivity contribution >= 4 is 21.5 Å². The molecule has 116 valence electrons. The predicted molar refractivity (Wildman–Crippen MR) is 82.4 cm³/mol. The van der Waals surface area contributed by atoms with Crippen molar-refractivity contribution in [2.24, 2.45) is 0 Å². The molecular formula is C15H21NO4S. The Labute approximate surface area is 125 Å². The van der Waals surface area contributed by atoms with E-state index < -0.39 is 15.6 Å². The van der Waals surface area contributed by atoms with Gasteiger partial charge in [-0.05, 0) is 38.5 Å². The van der Waals surface area contributed by atoms with Crippen LogP contribution in [0.15, 0.2) is 18.2 Å². The first kappa shape index (κ1) is 15.8. The normalized spacial score (nSPS) is 17.0. The quantitative estimate of drug-likeness (QED) is 0.907. The van der Waals surface area contributed by atoms with E-state index in [0.29, 0.717) is 23.4 Å². The maximum Gasteiger partial charge on any atom is 0.232 e. The third-order valence-electron chi connectivity index (χ3n) is 3.29. The Morgan fingerprint density at radius 3 is 2.71 bits per heavy atom. The molecule has 0 unspecified atom stereocenters. The number of unbranched alkanes of at least 4 members (excludes halogenated alkanes) is 1. The van der Waals surface area contributed by atoms with Gasteiger partial charge in [-0.25, -0.2) is 8.42 Å². The van der Waals surface area contributed by atoms with Crippen LogP contribution in [0.5, 0.6) is 5.75 Å². The van der Waals surface area contributed by atoms with Gasteiger partial charge in [0.05, 0.1) is 17.7 Å². The van der Waals surface area contributed by atoms with Gasteiger partial charge in [-0.2, -0.15) is 0 Å². The summed E-state index contributed by atoms with van der Waals surface area (Å²) in [6.45, 7) is 5.65. The molecule has 0 atom stereocenters. The Hall–Kier alpha value is -1.56. The summed E-state index contributed by atoms with van der Waals surface area (Å²) in [5, 5.41) is 0. The second kappa shape index (κ2) is 5.67. The predicted octanol–water partition coefficient (Wildman–Crippen LogP) is 2.97. The fourth-order valence-electron chi connectivity index (χ4n) is 2.28. The van der Waals surface area contributed by atoms with Crippen molar-refractivity contribution < 1.29 is 17.9 Å². The van der Waals surface area contributed by atoms with Crippen molar-refractivity contribution in [2.75, 3.05) is 10.5 Å². The summed E-state index contributed by atoms with van der Waals surface area (Å²) in [6, 6.07) is 4.82. The van der Waals surface area contributed by atoms with Gasteiger partial charge in [0.1, 0.15) is 11.4 Å². The summed E-state index contributed by atoms with van der Waals surface area (Å²) in [7, 11) is -3.37. The van der Waals surface area contributed by atoms with E-state index in [1.807, 2.05) is 20.8 Å². The Morgan fingerprint density at radius 2 is 2.05 bits per heavy atom. The van der Waals surface area contributed by atoms with Gasteiger partial charge in [0.2, 0.25) is 10.0 Å². The smallest absolute Gasteiger partial charge is 0.232 e. The first-order chi connectivity index (χ1) is 9.72. The Bertz CT molecular complexity index is 650. The van der Waals surface area contributed by atoms with E-state index in [0.717, 1.165) is 6.42 Å². The minimum Gasteiger partial charge on any atom is -0.487 e. The third kappa shape index (κ3) is 3.97. The van der Waals surface area contributed by atoms with Crippen molar-refractivity contribution in [3.63, 3.8) is 0 Å². The molecule has 1 aliphatic rings. The zero-order valence-corrected chi connectivity index (χ0v) is 13.4. The summed E-state index contributed by atoms with van der Waals surface area (Å²) >= 11 is 0. The lowest BCUT2D eigenvalue weighted by atomic mass is 9.93. The number of ketones is 1. The lowest BCUT2D eigenvalue weighted by molar-refractivity contribution is 0.0620. The van der Waals surface area contributed by atoms with E-state index in [4.69, 9.17) is 4.74 Å². The van der Waals surface area contributed by atoms with Crippen molar-refractivity contribution in [3.8, 4) is 5.75 Å². The molecule has 2 rings (SSSR count). The van der Waals surface area contributed by atoms with Crippen LogP contribution in [-0.2, 0) is 10.0 Å². The van der Waals surface area contributed by atoms with Crippen LogP contribution in [0.1, 0.15) is 50.4 Å². The number of hydrogen-bond acceptors (Lipinski definition) is 4. The molecule has 21 heavy (non-hydrogen) atoms. The largest absolute Gasteiger partial charge is 0.487 e. The van der Waals surface area contributed by atoms with Crippen LogP contribution >= 0.6 is 0 Å². The molecule has 0 radical (unpaired) electrons. The summed E-state index contributed by atoms with van der Waals surface area (Å²) in [4.78, 5) is 12.1. The number of carbonyl (C=O) groups is 1. The molecule has 0 aliphatic carbocycles. The fraction of sp³-hybridized carbons (Fsp3) is 0.533. The number of anilines is 1. The van der Waals surface area contributed by atoms with Gasteiger partial charge in [-0.1, -0.05) is 13.3 Å². The summed E-state index contributed by atoms with van der Waals surface area (Å²) in [5.41, 5.74) is 0.318. The average molecular weight is 311 g/mol. The minimum atomic E-state index is -3.37. The topological polar surface area (TPSA) is 72.5 Å². The molecular weight excluding hydrogens is 290 g/mol. The van der Waals surface area contributed by atoms with Crippen molar-refractivity contribution in [1.82, 2.24) is 0 Å². The molecule has 1 N–H and O–H groups in total. The third-order valence-corrected chi connectivity index (χ3v) is 4.67. The molecule has 0 spiro atoms. The number of ether oxygens (including phenoxy) is 1. The minimum absolute atomic E-state index is 0.0316. The highest BCUT2D eigenvalue weighted by molar-refractivity contribution is 7.92. The van der Waals surface area contributed by atoms with Gasteiger partial charge in [-0.15, -0.1) is 0 Å². The van der Waals surface area contributed by atoms with E-state index in [9.17, 15) is 13.2 Å². The van der Waals surface area contributed by atoms with Gasteiger partial charge >= 0.3 is 0 Å². The number of Topliss-reactive ketones (excluding diaryl/α,β-unsaturated/α-hetero) is 1. The van der Waals surface area contributed by atoms with Crippen molar-refractivity contribution in [1.29, 1.82) is 0 Å². The fourth-order valence-corrected chi connectivity index (χ4v) is 3.54. The molecule has 0 aromatic heterocycles. The van der Waals surface area contributed by atoms with Crippen molar-refractivity contribution in [3.05, 3.63) is 23.8 Å². The van der Waals surface area contributed by atoms with E-state index >= 15 is 0 Å². The van der Waals surface area contributed by atoms with Gasteiger partial charge in [-0.3, -0.25) is 9.52 Å². The zero-order valence-electron chi connectivity index (χ0n) is 12.6. The zero-order chi connectivity index (χ0) is 15.7. The summed E-state index contributed by atoms with van der Waals surface area (Å²) in [6.07, 6.45) is 1.70. The Morgan fingerprint density at radius 1 is 1.33 bits per heavy atom. The van der Waals surface area contributed by atoms with Gasteiger partial charge in [0, 0.05) is 5.69 Å². The second-order valence-electron chi connectivity index (χ2n) is 5.95. The van der Waals surface area contributed by atoms with Crippen LogP contribution in [0, 0.1) is 0 Å². The van der Waals surface area contributed by atoms with Crippen LogP contribution in [0.3, 0.4) is 0 Å². The van der Waals surface area contributed by atoms with E-state index in [1.165, 1.54) is 0 Å². The molecule has 0 amide bonds. The van der Waals surface area contributed by atoms with Crippen LogP contribution in [-0.4, -0.2) is 25.6 Å². The first-order valence-corrected chi connectivity index (χ1v) is 8.74. The van der Waals surface area contributed by atoms with Gasteiger partial charge < -0.3 is 4.74 Å². The molecule has 0 bridgehead atoms. The highest BCUT2D eigenvalue weighted by atomic mass is 32.2. The number of sulfonamides is 1. The Balaban J connectivity index is 2.23. The maximum absolute atomic E-state index is 12.1. The van der Waals surface area contributed by atoms with E-state index in [1.54, 1.807) is 18.2 Å². The number of nitrogens with one attached hydrogen (secondary N) is 1. The van der Waals surface area contributed by atoms with E-state index in [2.05, 4.69) is 4.72 Å². The number of rotatable bonds is 5. The monoisotopic (exact) mass is 311 g/mol. The molecule has 0 saturated carbocycles. The first-order valence-electron chi connectivity index (χ1n) is 7.09. The standard InChI is InChI=1S/C15H21NO4S/c1-4-5-8-21(18,19)16-11-6-7-14-12(9-11)13(17)10-15(2,3)20-14/h6-7,9,16H,4-5,8,10H2,1-3H3. The summed E-state index contributed by atoms with van der Waals surface area (Å²) in [5.74, 6) is 0.557.